The van der Waals surface area contributed by atoms with Crippen LogP contribution in [0.25, 0.3) is 0 Å². The van der Waals surface area contributed by atoms with Gasteiger partial charge in [-0.3, -0.25) is 9.59 Å². The number of carbonyl (C=O) groups is 3. The minimum absolute atomic E-state index is 0.0334. The maximum absolute atomic E-state index is 14.6. The molecule has 9 atom stereocenters. The van der Waals surface area contributed by atoms with Crippen molar-refractivity contribution in [2.24, 2.45) is 56.2 Å². The molecule has 4 saturated carbocycles. The fourth-order valence-corrected chi connectivity index (χ4v) is 11.5. The molecule has 0 bridgehead atoms. The SMILES string of the molecule is CC(C)CC(NC(=O)[C@]12CCC(C)(C)C[C@H]1C1=CC(=O)[C@@H]3[C@@]4(C)CC[C@H](O)C(C)(C)C4CC[C@@]3(C)[C@]1(C)CC2)C(=O)O. The van der Waals surface area contributed by atoms with Crippen molar-refractivity contribution in [3.8, 4) is 0 Å². The van der Waals surface area contributed by atoms with Gasteiger partial charge in [0.25, 0.3) is 0 Å². The van der Waals surface area contributed by atoms with Crippen molar-refractivity contribution >= 4 is 17.7 Å². The number of carboxylic acid groups (broad SMARTS) is 1. The zero-order chi connectivity index (χ0) is 31.3. The molecule has 0 radical (unpaired) electrons. The lowest BCUT2D eigenvalue weighted by Gasteiger charge is -2.70. The summed E-state index contributed by atoms with van der Waals surface area (Å²) >= 11 is 0. The van der Waals surface area contributed by atoms with Crippen LogP contribution >= 0.6 is 0 Å². The summed E-state index contributed by atoms with van der Waals surface area (Å²) < 4.78 is 0. The fourth-order valence-electron chi connectivity index (χ4n) is 11.5. The Morgan fingerprint density at radius 2 is 1.60 bits per heavy atom. The van der Waals surface area contributed by atoms with Gasteiger partial charge in [-0.15, -0.1) is 0 Å². The quantitative estimate of drug-likeness (QED) is 0.325. The van der Waals surface area contributed by atoms with Crippen molar-refractivity contribution in [2.75, 3.05) is 0 Å². The van der Waals surface area contributed by atoms with E-state index in [9.17, 15) is 24.6 Å². The van der Waals surface area contributed by atoms with Crippen LogP contribution in [-0.2, 0) is 14.4 Å². The number of ketones is 1. The number of aliphatic hydroxyl groups excluding tert-OH is 1. The van der Waals surface area contributed by atoms with Gasteiger partial charge in [0.2, 0.25) is 5.91 Å². The first-order valence-corrected chi connectivity index (χ1v) is 16.7. The third-order valence-electron chi connectivity index (χ3n) is 14.1. The number of fused-ring (bicyclic) bond motifs is 7. The first kappa shape index (κ1) is 31.7. The number of hydrogen-bond donors (Lipinski definition) is 3. The summed E-state index contributed by atoms with van der Waals surface area (Å²) in [6.07, 6.45) is 9.59. The van der Waals surface area contributed by atoms with Crippen LogP contribution in [0.15, 0.2) is 11.6 Å². The molecule has 6 nitrogen and oxygen atoms in total. The molecule has 0 aromatic rings. The highest BCUT2D eigenvalue weighted by atomic mass is 16.4. The van der Waals surface area contributed by atoms with E-state index < -0.39 is 17.4 Å². The van der Waals surface area contributed by atoms with Gasteiger partial charge in [-0.25, -0.2) is 4.79 Å². The van der Waals surface area contributed by atoms with Gasteiger partial charge in [0.1, 0.15) is 6.04 Å². The van der Waals surface area contributed by atoms with Gasteiger partial charge in [0.05, 0.1) is 11.5 Å². The number of rotatable bonds is 5. The topological polar surface area (TPSA) is 104 Å². The Kier molecular flexibility index (Phi) is 7.48. The summed E-state index contributed by atoms with van der Waals surface area (Å²) in [5, 5.41) is 23.9. The second kappa shape index (κ2) is 9.91. The molecule has 236 valence electrons. The Balaban J connectivity index is 1.58. The van der Waals surface area contributed by atoms with Gasteiger partial charge < -0.3 is 15.5 Å². The monoisotopic (exact) mass is 583 g/mol. The Labute approximate surface area is 253 Å². The van der Waals surface area contributed by atoms with E-state index >= 15 is 0 Å². The van der Waals surface area contributed by atoms with Crippen molar-refractivity contribution in [1.29, 1.82) is 0 Å². The van der Waals surface area contributed by atoms with Crippen LogP contribution in [-0.4, -0.2) is 40.0 Å². The van der Waals surface area contributed by atoms with E-state index in [1.165, 1.54) is 0 Å². The summed E-state index contributed by atoms with van der Waals surface area (Å²) in [7, 11) is 0. The highest BCUT2D eigenvalue weighted by Crippen LogP contribution is 2.75. The lowest BCUT2D eigenvalue weighted by Crippen LogP contribution is -2.67. The minimum Gasteiger partial charge on any atom is -0.480 e. The van der Waals surface area contributed by atoms with Crippen LogP contribution in [0.5, 0.6) is 0 Å². The largest absolute Gasteiger partial charge is 0.480 e. The predicted octanol–water partition coefficient (Wildman–Crippen LogP) is 6.94. The Hall–Kier alpha value is -1.69. The number of carboxylic acids is 1. The van der Waals surface area contributed by atoms with Crippen LogP contribution in [0, 0.1) is 56.2 Å². The van der Waals surface area contributed by atoms with Crippen LogP contribution in [0.3, 0.4) is 0 Å². The number of nitrogens with one attached hydrogen (secondary N) is 1. The van der Waals surface area contributed by atoms with Gasteiger partial charge in [-0.2, -0.15) is 0 Å². The highest BCUT2D eigenvalue weighted by Gasteiger charge is 2.71. The second-order valence-corrected chi connectivity index (χ2v) is 17.7. The first-order valence-electron chi connectivity index (χ1n) is 16.7. The standard InChI is InChI=1S/C36H57NO5/c1-21(2)18-24(29(40)41)37-30(42)36-16-14-31(3,4)20-23(36)22-19-25(38)28-33(7)12-11-27(39)32(5,6)26(33)10-13-35(28,9)34(22,8)15-17-36/h19,21,23-24,26-28,39H,10-18,20H2,1-9H3,(H,37,42)(H,40,41)/t23-,24?,26?,27-,28+,33-,34+,35+,36-/m0/s1. The molecule has 3 N–H and O–H groups in total. The molecule has 0 aromatic carbocycles. The summed E-state index contributed by atoms with van der Waals surface area (Å²) in [5.41, 5.74) is -0.355. The zero-order valence-electron chi connectivity index (χ0n) is 27.7. The van der Waals surface area contributed by atoms with Gasteiger partial charge in [0.15, 0.2) is 5.78 Å². The normalized spacial score (nSPS) is 44.5. The molecular weight excluding hydrogens is 526 g/mol. The molecule has 6 heteroatoms. The van der Waals surface area contributed by atoms with E-state index in [0.717, 1.165) is 63.4 Å². The lowest BCUT2D eigenvalue weighted by atomic mass is 9.33. The molecule has 0 saturated heterocycles. The van der Waals surface area contributed by atoms with Crippen molar-refractivity contribution in [3.63, 3.8) is 0 Å². The number of aliphatic carboxylic acids is 1. The van der Waals surface area contributed by atoms with E-state index in [1.807, 2.05) is 19.9 Å². The fraction of sp³-hybridized carbons (Fsp3) is 0.861. The number of amides is 1. The third-order valence-corrected chi connectivity index (χ3v) is 14.1. The van der Waals surface area contributed by atoms with Crippen LogP contribution in [0.1, 0.15) is 127 Å². The van der Waals surface area contributed by atoms with Crippen molar-refractivity contribution in [1.82, 2.24) is 5.32 Å². The molecule has 1 amide bonds. The average molecular weight is 584 g/mol. The second-order valence-electron chi connectivity index (χ2n) is 17.7. The van der Waals surface area contributed by atoms with Gasteiger partial charge in [-0.1, -0.05) is 67.9 Å². The van der Waals surface area contributed by atoms with Gasteiger partial charge in [0, 0.05) is 5.92 Å². The van der Waals surface area contributed by atoms with Crippen LogP contribution < -0.4 is 5.32 Å². The molecular formula is C36H57NO5. The summed E-state index contributed by atoms with van der Waals surface area (Å²) in [4.78, 5) is 41.0. The van der Waals surface area contributed by atoms with Crippen molar-refractivity contribution in [3.05, 3.63) is 11.6 Å². The lowest BCUT2D eigenvalue weighted by molar-refractivity contribution is -0.203. The number of aliphatic hydroxyl groups is 1. The number of carbonyl (C=O) groups excluding carboxylic acids is 2. The Bertz CT molecular complexity index is 1190. The average Bonchev–Trinajstić information content (AvgIpc) is 2.86. The van der Waals surface area contributed by atoms with Gasteiger partial charge in [-0.05, 0) is 115 Å². The molecule has 2 unspecified atom stereocenters. The molecule has 42 heavy (non-hydrogen) atoms. The zero-order valence-corrected chi connectivity index (χ0v) is 27.7. The summed E-state index contributed by atoms with van der Waals surface area (Å²) in [5.74, 6) is -0.641. The summed E-state index contributed by atoms with van der Waals surface area (Å²) in [6, 6.07) is -0.903. The molecule has 4 fully saturated rings. The van der Waals surface area contributed by atoms with E-state index in [0.29, 0.717) is 6.42 Å². The first-order chi connectivity index (χ1) is 19.2. The van der Waals surface area contributed by atoms with Crippen LogP contribution in [0.2, 0.25) is 0 Å². The summed E-state index contributed by atoms with van der Waals surface area (Å²) in [6.45, 7) is 20.0. The molecule has 0 heterocycles. The number of allylic oxidation sites excluding steroid dienone is 2. The van der Waals surface area contributed by atoms with Crippen molar-refractivity contribution in [2.45, 2.75) is 139 Å². The van der Waals surface area contributed by atoms with E-state index in [1.54, 1.807) is 0 Å². The third kappa shape index (κ3) is 4.38. The highest BCUT2D eigenvalue weighted by molar-refractivity contribution is 5.96. The van der Waals surface area contributed by atoms with Crippen molar-refractivity contribution < 1.29 is 24.6 Å². The van der Waals surface area contributed by atoms with E-state index in [4.69, 9.17) is 0 Å². The Morgan fingerprint density at radius 3 is 2.21 bits per heavy atom. The van der Waals surface area contributed by atoms with Crippen LogP contribution in [0.4, 0.5) is 0 Å². The molecule has 5 aliphatic carbocycles. The molecule has 0 spiro atoms. The number of hydrogen-bond acceptors (Lipinski definition) is 4. The molecule has 0 aliphatic heterocycles. The minimum atomic E-state index is -0.977. The molecule has 0 aromatic heterocycles. The predicted molar refractivity (Wildman–Crippen MR) is 164 cm³/mol. The Morgan fingerprint density at radius 1 is 0.952 bits per heavy atom. The van der Waals surface area contributed by atoms with E-state index in [-0.39, 0.29) is 68.5 Å². The smallest absolute Gasteiger partial charge is 0.326 e. The maximum atomic E-state index is 14.6. The molecule has 5 rings (SSSR count). The van der Waals surface area contributed by atoms with E-state index in [2.05, 4.69) is 53.8 Å². The van der Waals surface area contributed by atoms with Gasteiger partial charge >= 0.3 is 5.97 Å². The maximum Gasteiger partial charge on any atom is 0.326 e. The molecule has 5 aliphatic rings.